The first kappa shape index (κ1) is 12.9. The summed E-state index contributed by atoms with van der Waals surface area (Å²) >= 11 is 0. The van der Waals surface area contributed by atoms with Crippen LogP contribution < -0.4 is 5.73 Å². The fourth-order valence-corrected chi connectivity index (χ4v) is 2.03. The second-order valence-corrected chi connectivity index (χ2v) is 4.53. The van der Waals surface area contributed by atoms with Gasteiger partial charge in [-0.25, -0.2) is 0 Å². The fourth-order valence-electron chi connectivity index (χ4n) is 2.03. The van der Waals surface area contributed by atoms with E-state index < -0.39 is 0 Å². The molecule has 0 unspecified atom stereocenters. The molecule has 3 rings (SSSR count). The Balaban J connectivity index is 0.00000120. The first-order valence-corrected chi connectivity index (χ1v) is 5.75. The lowest BCUT2D eigenvalue weighted by molar-refractivity contribution is 0.475. The summed E-state index contributed by atoms with van der Waals surface area (Å²) in [5.41, 5.74) is 8.96. The number of aromatic nitrogens is 1. The van der Waals surface area contributed by atoms with E-state index >= 15 is 0 Å². The molecule has 0 aliphatic heterocycles. The van der Waals surface area contributed by atoms with E-state index in [1.54, 1.807) is 12.1 Å². The molecular weight excluding hydrogens is 248 g/mol. The summed E-state index contributed by atoms with van der Waals surface area (Å²) in [7, 11) is 0. The van der Waals surface area contributed by atoms with E-state index in [2.05, 4.69) is 11.1 Å². The van der Waals surface area contributed by atoms with E-state index in [1.807, 2.05) is 24.4 Å². The maximum absolute atomic E-state index is 9.22. The predicted molar refractivity (Wildman–Crippen MR) is 73.9 cm³/mol. The highest BCUT2D eigenvalue weighted by Gasteiger charge is 2.34. The lowest BCUT2D eigenvalue weighted by Gasteiger charge is -2.03. The van der Waals surface area contributed by atoms with Crippen molar-refractivity contribution in [1.82, 2.24) is 4.98 Å². The van der Waals surface area contributed by atoms with E-state index in [1.165, 1.54) is 5.56 Å². The molecule has 94 valence electrons. The molecule has 0 amide bonds. The summed E-state index contributed by atoms with van der Waals surface area (Å²) < 4.78 is 0. The molecule has 0 saturated heterocycles. The smallest absolute Gasteiger partial charge is 0.115 e. The highest BCUT2D eigenvalue weighted by Crippen LogP contribution is 2.38. The van der Waals surface area contributed by atoms with Crippen molar-refractivity contribution in [2.24, 2.45) is 5.73 Å². The minimum atomic E-state index is 0. The Bertz CT molecular complexity index is 524. The van der Waals surface area contributed by atoms with Gasteiger partial charge in [0.25, 0.3) is 0 Å². The van der Waals surface area contributed by atoms with Crippen molar-refractivity contribution in [3.8, 4) is 17.0 Å². The Hall–Kier alpha value is -1.58. The van der Waals surface area contributed by atoms with Gasteiger partial charge in [0.15, 0.2) is 0 Å². The first-order chi connectivity index (χ1) is 8.24. The number of hydrogen-bond acceptors (Lipinski definition) is 3. The van der Waals surface area contributed by atoms with Gasteiger partial charge in [0.1, 0.15) is 5.75 Å². The number of benzene rings is 1. The average molecular weight is 263 g/mol. The van der Waals surface area contributed by atoms with Gasteiger partial charge in [0.2, 0.25) is 0 Å². The molecule has 1 aromatic carbocycles. The number of nitrogens with two attached hydrogens (primary N) is 1. The zero-order valence-electron chi connectivity index (χ0n) is 9.78. The maximum Gasteiger partial charge on any atom is 0.115 e. The largest absolute Gasteiger partial charge is 0.508 e. The second-order valence-electron chi connectivity index (χ2n) is 4.53. The topological polar surface area (TPSA) is 59.1 Å². The van der Waals surface area contributed by atoms with E-state index in [0.29, 0.717) is 12.0 Å². The van der Waals surface area contributed by atoms with Crippen LogP contribution >= 0.6 is 12.4 Å². The molecule has 1 aliphatic carbocycles. The molecule has 1 saturated carbocycles. The molecule has 1 fully saturated rings. The maximum atomic E-state index is 9.22. The van der Waals surface area contributed by atoms with E-state index in [-0.39, 0.29) is 18.2 Å². The van der Waals surface area contributed by atoms with Gasteiger partial charge in [-0.05, 0) is 42.3 Å². The molecule has 2 atom stereocenters. The molecule has 0 radical (unpaired) electrons. The van der Waals surface area contributed by atoms with Crippen LogP contribution in [0.15, 0.2) is 42.6 Å². The van der Waals surface area contributed by atoms with Crippen LogP contribution in [0.4, 0.5) is 0 Å². The van der Waals surface area contributed by atoms with Crippen LogP contribution in [-0.2, 0) is 0 Å². The highest BCUT2D eigenvalue weighted by molar-refractivity contribution is 5.85. The van der Waals surface area contributed by atoms with Crippen molar-refractivity contribution < 1.29 is 5.11 Å². The standard InChI is InChI=1S/C14H14N2O.ClH/c15-13-7-12(13)10-3-6-14(16-8-10)9-1-4-11(17)5-2-9;/h1-6,8,12-13,17H,7,15H2;1H/t12-,13+;/m0./s1. The number of halogens is 1. The Morgan fingerprint density at radius 1 is 1.11 bits per heavy atom. The van der Waals surface area contributed by atoms with Crippen molar-refractivity contribution in [1.29, 1.82) is 0 Å². The summed E-state index contributed by atoms with van der Waals surface area (Å²) in [6, 6.07) is 11.5. The van der Waals surface area contributed by atoms with Crippen molar-refractivity contribution >= 4 is 12.4 Å². The summed E-state index contributed by atoms with van der Waals surface area (Å²) in [6.45, 7) is 0. The van der Waals surface area contributed by atoms with Crippen LogP contribution in [0, 0.1) is 0 Å². The summed E-state index contributed by atoms with van der Waals surface area (Å²) in [5, 5.41) is 9.22. The van der Waals surface area contributed by atoms with Gasteiger partial charge in [0, 0.05) is 23.7 Å². The third-order valence-corrected chi connectivity index (χ3v) is 3.22. The van der Waals surface area contributed by atoms with Gasteiger partial charge in [-0.2, -0.15) is 0 Å². The van der Waals surface area contributed by atoms with Gasteiger partial charge in [0.05, 0.1) is 5.69 Å². The number of rotatable bonds is 2. The van der Waals surface area contributed by atoms with Crippen LogP contribution in [0.3, 0.4) is 0 Å². The zero-order chi connectivity index (χ0) is 11.8. The minimum absolute atomic E-state index is 0. The molecule has 18 heavy (non-hydrogen) atoms. The lowest BCUT2D eigenvalue weighted by Crippen LogP contribution is -2.01. The zero-order valence-corrected chi connectivity index (χ0v) is 10.6. The van der Waals surface area contributed by atoms with Gasteiger partial charge >= 0.3 is 0 Å². The molecule has 3 N–H and O–H groups in total. The van der Waals surface area contributed by atoms with Gasteiger partial charge in [-0.1, -0.05) is 6.07 Å². The molecule has 3 nitrogen and oxygen atoms in total. The molecule has 4 heteroatoms. The van der Waals surface area contributed by atoms with Crippen molar-refractivity contribution in [2.75, 3.05) is 0 Å². The quantitative estimate of drug-likeness (QED) is 0.875. The predicted octanol–water partition coefficient (Wildman–Crippen LogP) is 2.69. The SMILES string of the molecule is Cl.N[C@@H]1C[C@H]1c1ccc(-c2ccc(O)cc2)nc1. The van der Waals surface area contributed by atoms with Crippen LogP contribution in [0.2, 0.25) is 0 Å². The van der Waals surface area contributed by atoms with Crippen molar-refractivity contribution in [3.05, 3.63) is 48.2 Å². The number of pyridine rings is 1. The third kappa shape index (κ3) is 2.47. The Morgan fingerprint density at radius 2 is 1.78 bits per heavy atom. The summed E-state index contributed by atoms with van der Waals surface area (Å²) in [6.07, 6.45) is 2.97. The van der Waals surface area contributed by atoms with Gasteiger partial charge in [-0.3, -0.25) is 4.98 Å². The Labute approximate surface area is 112 Å². The summed E-state index contributed by atoms with van der Waals surface area (Å²) in [5.74, 6) is 0.769. The molecule has 1 heterocycles. The molecule has 2 aromatic rings. The average Bonchev–Trinajstić information content (AvgIpc) is 3.08. The Morgan fingerprint density at radius 3 is 2.28 bits per heavy atom. The van der Waals surface area contributed by atoms with Crippen molar-refractivity contribution in [2.45, 2.75) is 18.4 Å². The van der Waals surface area contributed by atoms with Gasteiger partial charge < -0.3 is 10.8 Å². The molecule has 1 aromatic heterocycles. The molecule has 1 aliphatic rings. The summed E-state index contributed by atoms with van der Waals surface area (Å²) in [4.78, 5) is 4.44. The van der Waals surface area contributed by atoms with Crippen LogP contribution in [0.1, 0.15) is 17.9 Å². The normalized spacial score (nSPS) is 21.2. The van der Waals surface area contributed by atoms with Gasteiger partial charge in [-0.15, -0.1) is 12.4 Å². The van der Waals surface area contributed by atoms with E-state index in [4.69, 9.17) is 5.73 Å². The minimum Gasteiger partial charge on any atom is -0.508 e. The van der Waals surface area contributed by atoms with Crippen LogP contribution in [0.5, 0.6) is 5.75 Å². The highest BCUT2D eigenvalue weighted by atomic mass is 35.5. The lowest BCUT2D eigenvalue weighted by atomic mass is 10.1. The number of aromatic hydroxyl groups is 1. The number of phenols is 1. The third-order valence-electron chi connectivity index (χ3n) is 3.22. The van der Waals surface area contributed by atoms with Crippen LogP contribution in [0.25, 0.3) is 11.3 Å². The second kappa shape index (κ2) is 4.96. The first-order valence-electron chi connectivity index (χ1n) is 5.75. The van der Waals surface area contributed by atoms with E-state index in [0.717, 1.165) is 17.7 Å². The van der Waals surface area contributed by atoms with E-state index in [9.17, 15) is 5.11 Å². The van der Waals surface area contributed by atoms with Crippen molar-refractivity contribution in [3.63, 3.8) is 0 Å². The molecule has 0 bridgehead atoms. The Kier molecular flexibility index (Phi) is 3.55. The molecular formula is C14H15ClN2O. The number of hydrogen-bond donors (Lipinski definition) is 2. The molecule has 0 spiro atoms. The monoisotopic (exact) mass is 262 g/mol. The number of nitrogens with zero attached hydrogens (tertiary/aromatic N) is 1. The van der Waals surface area contributed by atoms with Crippen LogP contribution in [-0.4, -0.2) is 16.1 Å². The fraction of sp³-hybridized carbons (Fsp3) is 0.214. The number of phenolic OH excluding ortho intramolecular Hbond substituents is 1.